The topological polar surface area (TPSA) is 79.9 Å². The third kappa shape index (κ3) is 5.79. The first kappa shape index (κ1) is 23.6. The summed E-state index contributed by atoms with van der Waals surface area (Å²) in [5, 5.41) is 6.03. The maximum Gasteiger partial charge on any atom is 0.238 e. The molecule has 172 valence electrons. The molecule has 1 heterocycles. The molecule has 3 rings (SSSR count). The molecule has 0 atom stereocenters. The normalized spacial score (nSPS) is 14.7. The van der Waals surface area contributed by atoms with E-state index in [2.05, 4.69) is 34.6 Å². The molecule has 7 nitrogen and oxygen atoms in total. The summed E-state index contributed by atoms with van der Waals surface area (Å²) in [6.45, 7) is 7.82. The van der Waals surface area contributed by atoms with E-state index >= 15 is 0 Å². The van der Waals surface area contributed by atoms with Crippen molar-refractivity contribution in [1.29, 1.82) is 0 Å². The fourth-order valence-corrected chi connectivity index (χ4v) is 4.27. The number of aryl methyl sites for hydroxylation is 3. The molecule has 2 aromatic rings. The average Bonchev–Trinajstić information content (AvgIpc) is 2.76. The van der Waals surface area contributed by atoms with Crippen molar-refractivity contribution in [2.24, 2.45) is 5.92 Å². The van der Waals surface area contributed by atoms with Crippen LogP contribution in [-0.2, 0) is 9.59 Å². The number of hydrogen-bond donors (Lipinski definition) is 2. The van der Waals surface area contributed by atoms with Crippen LogP contribution in [0.5, 0.6) is 11.5 Å². The van der Waals surface area contributed by atoms with E-state index < -0.39 is 0 Å². The van der Waals surface area contributed by atoms with Crippen molar-refractivity contribution in [3.63, 3.8) is 0 Å². The third-order valence-electron chi connectivity index (χ3n) is 5.92. The van der Waals surface area contributed by atoms with Gasteiger partial charge in [-0.3, -0.25) is 14.5 Å². The summed E-state index contributed by atoms with van der Waals surface area (Å²) in [6, 6.07) is 9.45. The van der Waals surface area contributed by atoms with Gasteiger partial charge < -0.3 is 20.1 Å². The molecule has 0 aliphatic carbocycles. The van der Waals surface area contributed by atoms with Gasteiger partial charge in [-0.2, -0.15) is 0 Å². The summed E-state index contributed by atoms with van der Waals surface area (Å²) in [5.41, 5.74) is 4.93. The smallest absolute Gasteiger partial charge is 0.238 e. The lowest BCUT2D eigenvalue weighted by atomic mass is 9.95. The first-order valence-electron chi connectivity index (χ1n) is 10.9. The Balaban J connectivity index is 1.49. The van der Waals surface area contributed by atoms with Gasteiger partial charge >= 0.3 is 0 Å². The van der Waals surface area contributed by atoms with E-state index in [-0.39, 0.29) is 17.7 Å². The number of piperidine rings is 1. The zero-order valence-electron chi connectivity index (χ0n) is 19.6. The number of likely N-dealkylation sites (tertiary alicyclic amines) is 1. The number of anilines is 2. The van der Waals surface area contributed by atoms with Crippen molar-refractivity contribution < 1.29 is 19.1 Å². The number of nitrogens with one attached hydrogen (secondary N) is 2. The van der Waals surface area contributed by atoms with Crippen LogP contribution in [0, 0.1) is 26.7 Å². The standard InChI is InChI=1S/C25H33N3O4/c1-16-12-17(2)24(18(3)13-16)27-25(30)19-8-10-28(11-9-19)15-23(29)26-20-6-7-21(31-4)22(14-20)32-5/h6-7,12-14,19H,8-11,15H2,1-5H3,(H,26,29)(H,27,30). The molecule has 0 radical (unpaired) electrons. The highest BCUT2D eigenvalue weighted by atomic mass is 16.5. The lowest BCUT2D eigenvalue weighted by Gasteiger charge is -2.31. The summed E-state index contributed by atoms with van der Waals surface area (Å²) in [4.78, 5) is 27.4. The molecule has 1 aliphatic rings. The summed E-state index contributed by atoms with van der Waals surface area (Å²) in [5.74, 6) is 1.11. The predicted octanol–water partition coefficient (Wildman–Crippen LogP) is 3.92. The van der Waals surface area contributed by atoms with Gasteiger partial charge in [-0.1, -0.05) is 17.7 Å². The van der Waals surface area contributed by atoms with Crippen LogP contribution in [0.1, 0.15) is 29.5 Å². The molecule has 2 N–H and O–H groups in total. The summed E-state index contributed by atoms with van der Waals surface area (Å²) in [6.07, 6.45) is 1.47. The first-order chi connectivity index (χ1) is 15.3. The molecule has 0 spiro atoms. The molecule has 0 aromatic heterocycles. The number of carbonyl (C=O) groups is 2. The molecule has 0 unspecified atom stereocenters. The largest absolute Gasteiger partial charge is 0.493 e. The van der Waals surface area contributed by atoms with Gasteiger partial charge in [0.15, 0.2) is 11.5 Å². The molecule has 1 fully saturated rings. The van der Waals surface area contributed by atoms with Crippen molar-refractivity contribution in [2.45, 2.75) is 33.6 Å². The van der Waals surface area contributed by atoms with Gasteiger partial charge in [0.1, 0.15) is 0 Å². The summed E-state index contributed by atoms with van der Waals surface area (Å²) in [7, 11) is 3.13. The van der Waals surface area contributed by atoms with Crippen molar-refractivity contribution in [2.75, 3.05) is 44.5 Å². The predicted molar refractivity (Wildman–Crippen MR) is 127 cm³/mol. The van der Waals surface area contributed by atoms with Crippen LogP contribution in [0.25, 0.3) is 0 Å². The number of benzene rings is 2. The van der Waals surface area contributed by atoms with E-state index in [1.807, 2.05) is 13.8 Å². The Morgan fingerprint density at radius 2 is 1.56 bits per heavy atom. The highest BCUT2D eigenvalue weighted by molar-refractivity contribution is 5.94. The van der Waals surface area contributed by atoms with Crippen LogP contribution < -0.4 is 20.1 Å². The number of nitrogens with zero attached hydrogens (tertiary/aromatic N) is 1. The minimum absolute atomic E-state index is 0.0414. The fourth-order valence-electron chi connectivity index (χ4n) is 4.27. The van der Waals surface area contributed by atoms with Gasteiger partial charge in [0.2, 0.25) is 11.8 Å². The van der Waals surface area contributed by atoms with E-state index in [0.29, 0.717) is 36.8 Å². The molecule has 1 aliphatic heterocycles. The first-order valence-corrected chi connectivity index (χ1v) is 10.9. The minimum atomic E-state index is -0.0916. The number of carbonyl (C=O) groups excluding carboxylic acids is 2. The quantitative estimate of drug-likeness (QED) is 0.684. The van der Waals surface area contributed by atoms with E-state index in [1.165, 1.54) is 5.56 Å². The molecular formula is C25H33N3O4. The number of hydrogen-bond acceptors (Lipinski definition) is 5. The van der Waals surface area contributed by atoms with Gasteiger partial charge in [-0.05, 0) is 70.0 Å². The van der Waals surface area contributed by atoms with Gasteiger partial charge in [-0.25, -0.2) is 0 Å². The second kappa shape index (κ2) is 10.5. The van der Waals surface area contributed by atoms with E-state index in [1.54, 1.807) is 32.4 Å². The summed E-state index contributed by atoms with van der Waals surface area (Å²) < 4.78 is 10.5. The zero-order chi connectivity index (χ0) is 23.3. The molecule has 2 aromatic carbocycles. The zero-order valence-corrected chi connectivity index (χ0v) is 19.6. The minimum Gasteiger partial charge on any atom is -0.493 e. The van der Waals surface area contributed by atoms with Crippen LogP contribution >= 0.6 is 0 Å². The monoisotopic (exact) mass is 439 g/mol. The second-order valence-corrected chi connectivity index (χ2v) is 8.43. The Kier molecular flexibility index (Phi) is 7.75. The van der Waals surface area contributed by atoms with Crippen LogP contribution in [0.2, 0.25) is 0 Å². The van der Waals surface area contributed by atoms with Crippen LogP contribution in [0.3, 0.4) is 0 Å². The molecule has 0 saturated carbocycles. The lowest BCUT2D eigenvalue weighted by Crippen LogP contribution is -2.41. The SMILES string of the molecule is COc1ccc(NC(=O)CN2CCC(C(=O)Nc3c(C)cc(C)cc3C)CC2)cc1OC. The Morgan fingerprint density at radius 1 is 0.938 bits per heavy atom. The van der Waals surface area contributed by atoms with E-state index in [4.69, 9.17) is 9.47 Å². The van der Waals surface area contributed by atoms with Gasteiger partial charge in [-0.15, -0.1) is 0 Å². The Bertz CT molecular complexity index is 958. The second-order valence-electron chi connectivity index (χ2n) is 8.43. The Morgan fingerprint density at radius 3 is 2.16 bits per heavy atom. The van der Waals surface area contributed by atoms with Gasteiger partial charge in [0, 0.05) is 23.4 Å². The number of rotatable bonds is 7. The molecule has 2 amide bonds. The van der Waals surface area contributed by atoms with Crippen molar-refractivity contribution >= 4 is 23.2 Å². The Hall–Kier alpha value is -3.06. The highest BCUT2D eigenvalue weighted by Crippen LogP contribution is 2.30. The Labute approximate surface area is 190 Å². The maximum absolute atomic E-state index is 12.8. The van der Waals surface area contributed by atoms with Crippen LogP contribution in [0.15, 0.2) is 30.3 Å². The number of ether oxygens (including phenoxy) is 2. The molecule has 0 bridgehead atoms. The molecular weight excluding hydrogens is 406 g/mol. The van der Waals surface area contributed by atoms with Crippen LogP contribution in [0.4, 0.5) is 11.4 Å². The van der Waals surface area contributed by atoms with Crippen molar-refractivity contribution in [1.82, 2.24) is 4.90 Å². The van der Waals surface area contributed by atoms with Gasteiger partial charge in [0.25, 0.3) is 0 Å². The van der Waals surface area contributed by atoms with Gasteiger partial charge in [0.05, 0.1) is 20.8 Å². The number of amides is 2. The number of methoxy groups -OCH3 is 2. The summed E-state index contributed by atoms with van der Waals surface area (Å²) >= 11 is 0. The third-order valence-corrected chi connectivity index (χ3v) is 5.92. The lowest BCUT2D eigenvalue weighted by molar-refractivity contribution is -0.121. The van der Waals surface area contributed by atoms with Crippen LogP contribution in [-0.4, -0.2) is 50.6 Å². The molecule has 1 saturated heterocycles. The average molecular weight is 440 g/mol. The van der Waals surface area contributed by atoms with E-state index in [9.17, 15) is 9.59 Å². The van der Waals surface area contributed by atoms with Crippen molar-refractivity contribution in [3.05, 3.63) is 47.0 Å². The van der Waals surface area contributed by atoms with Crippen molar-refractivity contribution in [3.8, 4) is 11.5 Å². The van der Waals surface area contributed by atoms with E-state index in [0.717, 1.165) is 29.7 Å². The highest BCUT2D eigenvalue weighted by Gasteiger charge is 2.26. The fraction of sp³-hybridized carbons (Fsp3) is 0.440. The molecule has 32 heavy (non-hydrogen) atoms. The molecule has 7 heteroatoms. The maximum atomic E-state index is 12.8.